The van der Waals surface area contributed by atoms with Crippen molar-refractivity contribution in [1.29, 1.82) is 10.5 Å². The molecular weight excluding hydrogens is 548 g/mol. The summed E-state index contributed by atoms with van der Waals surface area (Å²) in [5.41, 5.74) is 8.45. The summed E-state index contributed by atoms with van der Waals surface area (Å²) in [4.78, 5) is 6.36. The van der Waals surface area contributed by atoms with Gasteiger partial charge in [-0.15, -0.1) is 0 Å². The lowest BCUT2D eigenvalue weighted by Gasteiger charge is -2.26. The standard InChI is InChI=1S/C41H26N4/c42-27-30(28-43)25-29-9-15-36(16-10-29)45(37-17-11-31(12-18-37)32-21-23-44-24-22-32)38-19-13-33(14-20-38)41-39-7-3-1-5-34(39)26-35-6-2-4-8-40(35)41/h1-26H. The Hall–Kier alpha value is -6.49. The van der Waals surface area contributed by atoms with Crippen LogP contribution in [0.25, 0.3) is 49.9 Å². The van der Waals surface area contributed by atoms with E-state index in [1.165, 1.54) is 27.1 Å². The molecular formula is C41H26N4. The molecule has 4 heteroatoms. The van der Waals surface area contributed by atoms with Crippen LogP contribution in [0.1, 0.15) is 5.56 Å². The number of fused-ring (bicyclic) bond motifs is 2. The average molecular weight is 575 g/mol. The molecule has 4 nitrogen and oxygen atoms in total. The van der Waals surface area contributed by atoms with Crippen LogP contribution < -0.4 is 4.90 Å². The maximum absolute atomic E-state index is 9.20. The molecule has 0 bridgehead atoms. The molecule has 7 aromatic rings. The monoisotopic (exact) mass is 574 g/mol. The zero-order valence-corrected chi connectivity index (χ0v) is 24.3. The number of anilines is 3. The van der Waals surface area contributed by atoms with Crippen LogP contribution in [-0.4, -0.2) is 4.98 Å². The van der Waals surface area contributed by atoms with Crippen molar-refractivity contribution >= 4 is 44.7 Å². The molecule has 0 aliphatic rings. The molecule has 6 aromatic carbocycles. The molecule has 1 heterocycles. The number of aromatic nitrogens is 1. The minimum absolute atomic E-state index is 0.0721. The molecule has 0 spiro atoms. The quantitative estimate of drug-likeness (QED) is 0.146. The van der Waals surface area contributed by atoms with Crippen LogP contribution in [-0.2, 0) is 0 Å². The van der Waals surface area contributed by atoms with Crippen LogP contribution >= 0.6 is 0 Å². The van der Waals surface area contributed by atoms with Gasteiger partial charge in [-0.2, -0.15) is 10.5 Å². The fraction of sp³-hybridized carbons (Fsp3) is 0. The van der Waals surface area contributed by atoms with Crippen LogP contribution in [0.2, 0.25) is 0 Å². The van der Waals surface area contributed by atoms with Crippen LogP contribution in [0.15, 0.2) is 157 Å². The van der Waals surface area contributed by atoms with Crippen LogP contribution in [0.4, 0.5) is 17.1 Å². The lowest BCUT2D eigenvalue weighted by atomic mass is 9.92. The third-order valence-corrected chi connectivity index (χ3v) is 8.03. The van der Waals surface area contributed by atoms with Crippen molar-refractivity contribution in [2.75, 3.05) is 4.90 Å². The first-order valence-corrected chi connectivity index (χ1v) is 14.7. The molecule has 0 saturated heterocycles. The van der Waals surface area contributed by atoms with Crippen molar-refractivity contribution in [2.45, 2.75) is 0 Å². The Balaban J connectivity index is 1.33. The number of pyridine rings is 1. The highest BCUT2D eigenvalue weighted by molar-refractivity contribution is 6.12. The molecule has 0 aliphatic carbocycles. The summed E-state index contributed by atoms with van der Waals surface area (Å²) in [7, 11) is 0. The Kier molecular flexibility index (Phi) is 7.30. The Morgan fingerprint density at radius 2 is 1.00 bits per heavy atom. The summed E-state index contributed by atoms with van der Waals surface area (Å²) in [5, 5.41) is 23.3. The minimum Gasteiger partial charge on any atom is -0.311 e. The van der Waals surface area contributed by atoms with Gasteiger partial charge in [0.25, 0.3) is 0 Å². The highest BCUT2D eigenvalue weighted by atomic mass is 15.1. The van der Waals surface area contributed by atoms with Gasteiger partial charge in [-0.1, -0.05) is 84.9 Å². The number of benzene rings is 6. The van der Waals surface area contributed by atoms with Gasteiger partial charge in [0.15, 0.2) is 0 Å². The Morgan fingerprint density at radius 3 is 1.53 bits per heavy atom. The number of allylic oxidation sites excluding steroid dienone is 1. The molecule has 0 saturated carbocycles. The molecule has 0 aliphatic heterocycles. The summed E-state index contributed by atoms with van der Waals surface area (Å²) in [6, 6.07) is 52.4. The second-order valence-corrected chi connectivity index (χ2v) is 10.7. The second kappa shape index (κ2) is 12.0. The maximum Gasteiger partial charge on any atom is 0.130 e. The van der Waals surface area contributed by atoms with Crippen molar-refractivity contribution in [3.63, 3.8) is 0 Å². The van der Waals surface area contributed by atoms with E-state index < -0.39 is 0 Å². The molecule has 0 N–H and O–H groups in total. The van der Waals surface area contributed by atoms with E-state index in [-0.39, 0.29) is 5.57 Å². The zero-order valence-electron chi connectivity index (χ0n) is 24.3. The van der Waals surface area contributed by atoms with Crippen molar-refractivity contribution in [3.8, 4) is 34.4 Å². The van der Waals surface area contributed by atoms with E-state index in [0.29, 0.717) is 0 Å². The van der Waals surface area contributed by atoms with E-state index in [9.17, 15) is 10.5 Å². The first-order valence-electron chi connectivity index (χ1n) is 14.7. The summed E-state index contributed by atoms with van der Waals surface area (Å²) in [6.07, 6.45) is 5.20. The van der Waals surface area contributed by atoms with Gasteiger partial charge in [0.2, 0.25) is 0 Å². The van der Waals surface area contributed by atoms with Crippen molar-refractivity contribution in [1.82, 2.24) is 4.98 Å². The zero-order chi connectivity index (χ0) is 30.6. The fourth-order valence-corrected chi connectivity index (χ4v) is 5.87. The average Bonchev–Trinajstić information content (AvgIpc) is 3.11. The van der Waals surface area contributed by atoms with Crippen molar-refractivity contribution < 1.29 is 0 Å². The van der Waals surface area contributed by atoms with Crippen LogP contribution in [0, 0.1) is 22.7 Å². The Bertz CT molecular complexity index is 2180. The fourth-order valence-electron chi connectivity index (χ4n) is 5.87. The largest absolute Gasteiger partial charge is 0.311 e. The summed E-state index contributed by atoms with van der Waals surface area (Å²) in [6.45, 7) is 0. The first-order chi connectivity index (χ1) is 22.2. The number of hydrogen-bond acceptors (Lipinski definition) is 4. The number of hydrogen-bond donors (Lipinski definition) is 0. The van der Waals surface area contributed by atoms with Crippen LogP contribution in [0.5, 0.6) is 0 Å². The Labute approximate surface area is 262 Å². The van der Waals surface area contributed by atoms with E-state index in [4.69, 9.17) is 0 Å². The number of rotatable bonds is 6. The smallest absolute Gasteiger partial charge is 0.130 e. The molecule has 0 atom stereocenters. The Morgan fingerprint density at radius 1 is 0.533 bits per heavy atom. The summed E-state index contributed by atoms with van der Waals surface area (Å²) >= 11 is 0. The van der Waals surface area contributed by atoms with Crippen LogP contribution in [0.3, 0.4) is 0 Å². The molecule has 0 fully saturated rings. The number of nitriles is 2. The molecule has 45 heavy (non-hydrogen) atoms. The van der Waals surface area contributed by atoms with Gasteiger partial charge in [-0.05, 0) is 110 Å². The van der Waals surface area contributed by atoms with Gasteiger partial charge < -0.3 is 4.90 Å². The highest BCUT2D eigenvalue weighted by Gasteiger charge is 2.15. The molecule has 7 rings (SSSR count). The van der Waals surface area contributed by atoms with Crippen molar-refractivity contribution in [2.24, 2.45) is 0 Å². The molecule has 0 radical (unpaired) electrons. The topological polar surface area (TPSA) is 63.7 Å². The van der Waals surface area contributed by atoms with Gasteiger partial charge in [0.1, 0.15) is 17.7 Å². The van der Waals surface area contributed by atoms with E-state index in [2.05, 4.69) is 113 Å². The van der Waals surface area contributed by atoms with E-state index in [1.807, 2.05) is 48.5 Å². The normalized spacial score (nSPS) is 10.6. The molecule has 0 unspecified atom stereocenters. The second-order valence-electron chi connectivity index (χ2n) is 10.7. The highest BCUT2D eigenvalue weighted by Crippen LogP contribution is 2.40. The van der Waals surface area contributed by atoms with Gasteiger partial charge in [-0.3, -0.25) is 4.98 Å². The lowest BCUT2D eigenvalue weighted by Crippen LogP contribution is -2.09. The van der Waals surface area contributed by atoms with Gasteiger partial charge >= 0.3 is 0 Å². The van der Waals surface area contributed by atoms with Gasteiger partial charge in [0, 0.05) is 29.5 Å². The predicted molar refractivity (Wildman–Crippen MR) is 184 cm³/mol. The van der Waals surface area contributed by atoms with E-state index >= 15 is 0 Å². The van der Waals surface area contributed by atoms with Gasteiger partial charge in [-0.25, -0.2) is 0 Å². The summed E-state index contributed by atoms with van der Waals surface area (Å²) in [5.74, 6) is 0. The molecule has 0 amide bonds. The first kappa shape index (κ1) is 27.3. The summed E-state index contributed by atoms with van der Waals surface area (Å²) < 4.78 is 0. The van der Waals surface area contributed by atoms with Crippen molar-refractivity contribution in [3.05, 3.63) is 163 Å². The third kappa shape index (κ3) is 5.41. The van der Waals surface area contributed by atoms with Gasteiger partial charge in [0.05, 0.1) is 0 Å². The third-order valence-electron chi connectivity index (χ3n) is 8.03. The SMILES string of the molecule is N#CC(C#N)=Cc1ccc(N(c2ccc(-c3ccncc3)cc2)c2ccc(-c3c4ccccc4cc4ccccc34)cc2)cc1. The maximum atomic E-state index is 9.20. The molecule has 210 valence electrons. The minimum atomic E-state index is 0.0721. The van der Waals surface area contributed by atoms with E-state index in [0.717, 1.165) is 39.3 Å². The predicted octanol–water partition coefficient (Wildman–Crippen LogP) is 10.6. The lowest BCUT2D eigenvalue weighted by molar-refractivity contribution is 1.28. The number of nitrogens with zero attached hydrogens (tertiary/aromatic N) is 4. The molecule has 1 aromatic heterocycles. The van der Waals surface area contributed by atoms with E-state index in [1.54, 1.807) is 18.5 Å².